The molecule has 0 radical (unpaired) electrons. The van der Waals surface area contributed by atoms with E-state index in [0.29, 0.717) is 11.7 Å². The van der Waals surface area contributed by atoms with Crippen molar-refractivity contribution in [3.05, 3.63) is 35.7 Å². The molecular formula is C13H13N5O. The Morgan fingerprint density at radius 2 is 1.79 bits per heavy atom. The van der Waals surface area contributed by atoms with Crippen LogP contribution in [0.2, 0.25) is 0 Å². The number of anilines is 1. The molecule has 0 saturated heterocycles. The molecule has 1 aromatic carbocycles. The first-order valence-electron chi connectivity index (χ1n) is 5.66. The molecule has 0 aliphatic carbocycles. The predicted octanol–water partition coefficient (Wildman–Crippen LogP) is 1.91. The third-order valence-electron chi connectivity index (χ3n) is 2.33. The van der Waals surface area contributed by atoms with Crippen LogP contribution in [0.25, 0.3) is 0 Å². The smallest absolute Gasteiger partial charge is 0.327 e. The van der Waals surface area contributed by atoms with Crippen LogP contribution >= 0.6 is 0 Å². The first-order valence-corrected chi connectivity index (χ1v) is 5.66. The van der Waals surface area contributed by atoms with E-state index in [1.807, 2.05) is 37.3 Å². The van der Waals surface area contributed by atoms with Crippen LogP contribution in [-0.2, 0) is 0 Å². The Kier molecular flexibility index (Phi) is 3.57. The van der Waals surface area contributed by atoms with Crippen LogP contribution in [0.15, 0.2) is 24.3 Å². The zero-order chi connectivity index (χ0) is 13.8. The number of ether oxygens (including phenoxy) is 1. The van der Waals surface area contributed by atoms with Crippen LogP contribution in [0.5, 0.6) is 11.8 Å². The standard InChI is InChI=1S/C13H13N5O/c1-9-4-6-10(7-5-9)19-13-16-11(8-14)15-12(17-13)18(2)3/h4-7H,1-3H3. The van der Waals surface area contributed by atoms with E-state index >= 15 is 0 Å². The van der Waals surface area contributed by atoms with Gasteiger partial charge in [0, 0.05) is 14.1 Å². The summed E-state index contributed by atoms with van der Waals surface area (Å²) in [5.41, 5.74) is 1.13. The zero-order valence-corrected chi connectivity index (χ0v) is 11.0. The van der Waals surface area contributed by atoms with E-state index < -0.39 is 0 Å². The van der Waals surface area contributed by atoms with Gasteiger partial charge < -0.3 is 9.64 Å². The minimum atomic E-state index is 0.0285. The van der Waals surface area contributed by atoms with Gasteiger partial charge in [0.25, 0.3) is 0 Å². The molecule has 0 aliphatic rings. The van der Waals surface area contributed by atoms with Crippen molar-refractivity contribution in [1.82, 2.24) is 15.0 Å². The summed E-state index contributed by atoms with van der Waals surface area (Å²) in [5, 5.41) is 8.89. The lowest BCUT2D eigenvalue weighted by Gasteiger charge is -2.11. The van der Waals surface area contributed by atoms with E-state index in [2.05, 4.69) is 15.0 Å². The maximum Gasteiger partial charge on any atom is 0.327 e. The Morgan fingerprint density at radius 1 is 1.11 bits per heavy atom. The van der Waals surface area contributed by atoms with Crippen LogP contribution in [0, 0.1) is 18.3 Å². The largest absolute Gasteiger partial charge is 0.424 e. The molecular weight excluding hydrogens is 242 g/mol. The summed E-state index contributed by atoms with van der Waals surface area (Å²) in [6, 6.07) is 9.49. The van der Waals surface area contributed by atoms with Gasteiger partial charge in [-0.1, -0.05) is 17.7 Å². The van der Waals surface area contributed by atoms with Crippen molar-refractivity contribution < 1.29 is 4.74 Å². The SMILES string of the molecule is Cc1ccc(Oc2nc(C#N)nc(N(C)C)n2)cc1. The van der Waals surface area contributed by atoms with E-state index in [1.54, 1.807) is 19.0 Å². The van der Waals surface area contributed by atoms with Crippen LogP contribution < -0.4 is 9.64 Å². The molecule has 0 saturated carbocycles. The monoisotopic (exact) mass is 255 g/mol. The fourth-order valence-electron chi connectivity index (χ4n) is 1.35. The Balaban J connectivity index is 2.31. The first kappa shape index (κ1) is 12.8. The normalized spacial score (nSPS) is 9.79. The summed E-state index contributed by atoms with van der Waals surface area (Å²) in [6.07, 6.45) is 0. The Hall–Kier alpha value is -2.68. The average molecular weight is 255 g/mol. The number of benzene rings is 1. The third kappa shape index (κ3) is 3.16. The summed E-state index contributed by atoms with van der Waals surface area (Å²) in [7, 11) is 3.57. The molecule has 96 valence electrons. The summed E-state index contributed by atoms with van der Waals surface area (Å²) in [5.74, 6) is 1.03. The van der Waals surface area contributed by atoms with E-state index in [9.17, 15) is 0 Å². The van der Waals surface area contributed by atoms with Crippen molar-refractivity contribution in [2.45, 2.75) is 6.92 Å². The minimum absolute atomic E-state index is 0.0285. The van der Waals surface area contributed by atoms with E-state index in [4.69, 9.17) is 10.00 Å². The molecule has 19 heavy (non-hydrogen) atoms. The van der Waals surface area contributed by atoms with Crippen LogP contribution in [0.1, 0.15) is 11.4 Å². The number of rotatable bonds is 3. The van der Waals surface area contributed by atoms with Crippen LogP contribution in [-0.4, -0.2) is 29.0 Å². The molecule has 0 aliphatic heterocycles. The van der Waals surface area contributed by atoms with Crippen LogP contribution in [0.4, 0.5) is 5.95 Å². The van der Waals surface area contributed by atoms with Crippen molar-refractivity contribution in [2.75, 3.05) is 19.0 Å². The van der Waals surface area contributed by atoms with Gasteiger partial charge in [-0.05, 0) is 19.1 Å². The molecule has 2 aromatic rings. The highest BCUT2D eigenvalue weighted by Gasteiger charge is 2.09. The van der Waals surface area contributed by atoms with Gasteiger partial charge in [0.15, 0.2) is 0 Å². The lowest BCUT2D eigenvalue weighted by molar-refractivity contribution is 0.438. The second-order valence-electron chi connectivity index (χ2n) is 4.16. The first-order chi connectivity index (χ1) is 9.08. The number of nitrogens with zero attached hydrogens (tertiary/aromatic N) is 5. The second-order valence-corrected chi connectivity index (χ2v) is 4.16. The van der Waals surface area contributed by atoms with Gasteiger partial charge in [0.05, 0.1) is 0 Å². The quantitative estimate of drug-likeness (QED) is 0.834. The van der Waals surface area contributed by atoms with Gasteiger partial charge in [-0.2, -0.15) is 20.2 Å². The average Bonchev–Trinajstić information content (AvgIpc) is 2.41. The summed E-state index contributed by atoms with van der Waals surface area (Å²) >= 11 is 0. The zero-order valence-electron chi connectivity index (χ0n) is 11.0. The predicted molar refractivity (Wildman–Crippen MR) is 70.1 cm³/mol. The van der Waals surface area contributed by atoms with Gasteiger partial charge in [0.2, 0.25) is 11.8 Å². The molecule has 0 N–H and O–H groups in total. The van der Waals surface area contributed by atoms with E-state index in [1.165, 1.54) is 0 Å². The molecule has 1 aromatic heterocycles. The molecule has 1 heterocycles. The topological polar surface area (TPSA) is 74.9 Å². The van der Waals surface area contributed by atoms with Gasteiger partial charge in [-0.25, -0.2) is 0 Å². The minimum Gasteiger partial charge on any atom is -0.424 e. The lowest BCUT2D eigenvalue weighted by atomic mass is 10.2. The Labute approximate surface area is 111 Å². The van der Waals surface area contributed by atoms with Crippen molar-refractivity contribution in [3.63, 3.8) is 0 Å². The summed E-state index contributed by atoms with van der Waals surface area (Å²) < 4.78 is 5.53. The number of aromatic nitrogens is 3. The summed E-state index contributed by atoms with van der Waals surface area (Å²) in [6.45, 7) is 1.99. The van der Waals surface area contributed by atoms with E-state index in [-0.39, 0.29) is 11.8 Å². The lowest BCUT2D eigenvalue weighted by Crippen LogP contribution is -2.14. The van der Waals surface area contributed by atoms with Crippen molar-refractivity contribution >= 4 is 5.95 Å². The summed E-state index contributed by atoms with van der Waals surface area (Å²) in [4.78, 5) is 13.7. The Bertz CT molecular complexity index is 616. The van der Waals surface area contributed by atoms with Crippen molar-refractivity contribution in [3.8, 4) is 17.8 Å². The molecule has 0 amide bonds. The highest BCUT2D eigenvalue weighted by Crippen LogP contribution is 2.19. The van der Waals surface area contributed by atoms with E-state index in [0.717, 1.165) is 5.56 Å². The van der Waals surface area contributed by atoms with Crippen molar-refractivity contribution in [1.29, 1.82) is 5.26 Å². The van der Waals surface area contributed by atoms with Gasteiger partial charge >= 0.3 is 6.01 Å². The third-order valence-corrected chi connectivity index (χ3v) is 2.33. The molecule has 0 fully saturated rings. The van der Waals surface area contributed by atoms with Gasteiger partial charge in [-0.15, -0.1) is 0 Å². The maximum absolute atomic E-state index is 8.89. The highest BCUT2D eigenvalue weighted by molar-refractivity contribution is 5.33. The fourth-order valence-corrected chi connectivity index (χ4v) is 1.35. The molecule has 0 bridgehead atoms. The van der Waals surface area contributed by atoms with Gasteiger partial charge in [-0.3, -0.25) is 0 Å². The van der Waals surface area contributed by atoms with Crippen LogP contribution in [0.3, 0.4) is 0 Å². The molecule has 0 unspecified atom stereocenters. The maximum atomic E-state index is 8.89. The molecule has 0 spiro atoms. The number of hydrogen-bond donors (Lipinski definition) is 0. The fraction of sp³-hybridized carbons (Fsp3) is 0.231. The molecule has 0 atom stereocenters. The van der Waals surface area contributed by atoms with Crippen molar-refractivity contribution in [2.24, 2.45) is 0 Å². The molecule has 6 heteroatoms. The number of aryl methyl sites for hydroxylation is 1. The van der Waals surface area contributed by atoms with Gasteiger partial charge in [0.1, 0.15) is 11.8 Å². The molecule has 6 nitrogen and oxygen atoms in total. The Morgan fingerprint density at radius 3 is 2.37 bits per heavy atom. The number of nitriles is 1. The molecule has 2 rings (SSSR count). The number of hydrogen-bond acceptors (Lipinski definition) is 6. The second kappa shape index (κ2) is 5.31. The highest BCUT2D eigenvalue weighted by atomic mass is 16.5.